The van der Waals surface area contributed by atoms with Gasteiger partial charge in [-0.05, 0) is 41.2 Å². The number of nitrogens with one attached hydrogen (secondary N) is 2. The number of rotatable bonds is 6. The molecule has 0 radical (unpaired) electrons. The van der Waals surface area contributed by atoms with Gasteiger partial charge < -0.3 is 5.32 Å². The summed E-state index contributed by atoms with van der Waals surface area (Å²) in [6.07, 6.45) is 1.46. The number of carbonyl (C=O) groups is 1. The first-order valence-electron chi connectivity index (χ1n) is 8.93. The fraction of sp³-hybridized carbons (Fsp3) is 0.350. The van der Waals surface area contributed by atoms with Gasteiger partial charge in [-0.25, -0.2) is 17.9 Å². The maximum Gasteiger partial charge on any atom is 0.333 e. The molecule has 0 bridgehead atoms. The Morgan fingerprint density at radius 1 is 0.964 bits per heavy atom. The smallest absolute Gasteiger partial charge is 0.307 e. The summed E-state index contributed by atoms with van der Waals surface area (Å²) in [6, 6.07) is 10.7. The van der Waals surface area contributed by atoms with Crippen molar-refractivity contribution in [3.8, 4) is 0 Å². The number of amides is 2. The number of benzene rings is 2. The van der Waals surface area contributed by atoms with E-state index in [1.807, 2.05) is 50.6 Å². The lowest BCUT2D eigenvalue weighted by Gasteiger charge is -2.20. The van der Waals surface area contributed by atoms with E-state index in [4.69, 9.17) is 0 Å². The first-order valence-corrected chi connectivity index (χ1v) is 12.0. The minimum absolute atomic E-state index is 0.114. The van der Waals surface area contributed by atoms with Crippen molar-refractivity contribution in [3.05, 3.63) is 53.6 Å². The second-order valence-corrected chi connectivity index (χ2v) is 10.2. The maximum absolute atomic E-state index is 12.6. The van der Waals surface area contributed by atoms with E-state index in [0.29, 0.717) is 10.6 Å². The summed E-state index contributed by atoms with van der Waals surface area (Å²) in [5, 5.41) is 2.72. The molecule has 0 fully saturated rings. The molecule has 0 aromatic heterocycles. The molecule has 152 valence electrons. The van der Waals surface area contributed by atoms with E-state index in [-0.39, 0.29) is 16.7 Å². The third-order valence-electron chi connectivity index (χ3n) is 4.29. The van der Waals surface area contributed by atoms with Crippen molar-refractivity contribution in [2.45, 2.75) is 49.3 Å². The summed E-state index contributed by atoms with van der Waals surface area (Å²) in [7, 11) is -5.43. The van der Waals surface area contributed by atoms with Crippen LogP contribution >= 0.6 is 0 Å². The molecule has 28 heavy (non-hydrogen) atoms. The number of urea groups is 1. The van der Waals surface area contributed by atoms with Gasteiger partial charge in [0.15, 0.2) is 0 Å². The van der Waals surface area contributed by atoms with Crippen LogP contribution in [0.2, 0.25) is 0 Å². The number of hydrogen-bond donors (Lipinski definition) is 2. The van der Waals surface area contributed by atoms with Crippen molar-refractivity contribution < 1.29 is 17.4 Å². The predicted molar refractivity (Wildman–Crippen MR) is 113 cm³/mol. The molecule has 0 aliphatic rings. The van der Waals surface area contributed by atoms with Crippen LogP contribution in [0.3, 0.4) is 0 Å². The lowest BCUT2D eigenvalue weighted by molar-refractivity contribution is 0.256. The van der Waals surface area contributed by atoms with Crippen molar-refractivity contribution in [3.63, 3.8) is 0 Å². The predicted octanol–water partition coefficient (Wildman–Crippen LogP) is 4.18. The zero-order valence-electron chi connectivity index (χ0n) is 16.6. The van der Waals surface area contributed by atoms with Gasteiger partial charge in [0.2, 0.25) is 0 Å². The van der Waals surface area contributed by atoms with E-state index >= 15 is 0 Å². The fourth-order valence-corrected chi connectivity index (χ4v) is 4.43. The molecule has 2 N–H and O–H groups in total. The first kappa shape index (κ1) is 22.1. The van der Waals surface area contributed by atoms with E-state index in [0.717, 1.165) is 11.1 Å². The second kappa shape index (κ2) is 8.87. The fourth-order valence-electron chi connectivity index (χ4n) is 2.84. The summed E-state index contributed by atoms with van der Waals surface area (Å²) in [4.78, 5) is 12.8. The third kappa shape index (κ3) is 5.20. The van der Waals surface area contributed by atoms with Gasteiger partial charge in [-0.15, -0.1) is 0 Å². The molecule has 2 amide bonds. The average Bonchev–Trinajstić information content (AvgIpc) is 2.61. The van der Waals surface area contributed by atoms with Gasteiger partial charge in [-0.1, -0.05) is 52.0 Å². The molecule has 2 aromatic carbocycles. The summed E-state index contributed by atoms with van der Waals surface area (Å²) in [6.45, 7) is 8.04. The van der Waals surface area contributed by atoms with Gasteiger partial charge in [0.25, 0.3) is 10.0 Å². The van der Waals surface area contributed by atoms with Crippen LogP contribution in [0.25, 0.3) is 0 Å². The summed E-state index contributed by atoms with van der Waals surface area (Å²) < 4.78 is 38.8. The van der Waals surface area contributed by atoms with Crippen molar-refractivity contribution in [2.75, 3.05) is 11.6 Å². The second-order valence-electron chi connectivity index (χ2n) is 7.11. The largest absolute Gasteiger partial charge is 0.333 e. The zero-order chi connectivity index (χ0) is 21.1. The van der Waals surface area contributed by atoms with Gasteiger partial charge in [0.05, 0.1) is 4.90 Å². The molecular formula is C20H26N2O4S2. The molecule has 0 saturated carbocycles. The van der Waals surface area contributed by atoms with Crippen molar-refractivity contribution in [1.29, 1.82) is 0 Å². The molecule has 0 aliphatic carbocycles. The normalized spacial score (nSPS) is 12.8. The molecule has 2 rings (SSSR count). The number of para-hydroxylation sites is 1. The monoisotopic (exact) mass is 422 g/mol. The standard InChI is InChI=1S/C20H26N2O4S2/c1-13(2)17-10-7-11-18(14(3)4)19(17)21-20(23)22-28(25,26)16-9-6-8-15(12-16)27(5)24/h6-14H,1-5H3,(H2,21,22,23). The van der Waals surface area contributed by atoms with Crippen LogP contribution in [-0.2, 0) is 20.8 Å². The van der Waals surface area contributed by atoms with Crippen LogP contribution in [0.4, 0.5) is 10.5 Å². The minimum atomic E-state index is -4.10. The maximum atomic E-state index is 12.6. The lowest BCUT2D eigenvalue weighted by Crippen LogP contribution is -2.35. The Kier molecular flexibility index (Phi) is 7.01. The van der Waals surface area contributed by atoms with Crippen molar-refractivity contribution in [2.24, 2.45) is 0 Å². The highest BCUT2D eigenvalue weighted by atomic mass is 32.2. The van der Waals surface area contributed by atoms with E-state index in [1.54, 1.807) is 6.07 Å². The van der Waals surface area contributed by atoms with E-state index in [2.05, 4.69) is 5.32 Å². The topological polar surface area (TPSA) is 92.3 Å². The molecule has 0 spiro atoms. The summed E-state index contributed by atoms with van der Waals surface area (Å²) >= 11 is 0. The van der Waals surface area contributed by atoms with Crippen LogP contribution in [0.1, 0.15) is 50.7 Å². The van der Waals surface area contributed by atoms with Gasteiger partial charge in [-0.2, -0.15) is 0 Å². The minimum Gasteiger partial charge on any atom is -0.307 e. The van der Waals surface area contributed by atoms with Crippen molar-refractivity contribution in [1.82, 2.24) is 4.72 Å². The highest BCUT2D eigenvalue weighted by Crippen LogP contribution is 2.32. The molecular weight excluding hydrogens is 396 g/mol. The van der Waals surface area contributed by atoms with Crippen LogP contribution in [0, 0.1) is 0 Å². The SMILES string of the molecule is CC(C)c1cccc(C(C)C)c1NC(=O)NS(=O)(=O)c1cccc(S(C)=O)c1. The van der Waals surface area contributed by atoms with Crippen molar-refractivity contribution >= 4 is 32.5 Å². The summed E-state index contributed by atoms with van der Waals surface area (Å²) in [5.41, 5.74) is 2.49. The Hall–Kier alpha value is -2.19. The van der Waals surface area contributed by atoms with Crippen LogP contribution in [-0.4, -0.2) is 24.9 Å². The Morgan fingerprint density at radius 3 is 2.00 bits per heavy atom. The third-order valence-corrected chi connectivity index (χ3v) is 6.53. The quantitative estimate of drug-likeness (QED) is 0.730. The summed E-state index contributed by atoms with van der Waals surface area (Å²) in [5.74, 6) is 0.309. The number of hydrogen-bond acceptors (Lipinski definition) is 4. The van der Waals surface area contributed by atoms with Crippen LogP contribution in [0.15, 0.2) is 52.3 Å². The van der Waals surface area contributed by atoms with Gasteiger partial charge in [0, 0.05) is 27.6 Å². The molecule has 1 atom stereocenters. The molecule has 1 unspecified atom stereocenters. The Labute approximate surface area is 169 Å². The Morgan fingerprint density at radius 2 is 1.50 bits per heavy atom. The zero-order valence-corrected chi connectivity index (χ0v) is 18.3. The van der Waals surface area contributed by atoms with Gasteiger partial charge in [0.1, 0.15) is 0 Å². The first-order chi connectivity index (χ1) is 13.0. The number of carbonyl (C=O) groups excluding carboxylic acids is 1. The molecule has 6 nitrogen and oxygen atoms in total. The number of anilines is 1. The molecule has 8 heteroatoms. The molecule has 0 heterocycles. The van der Waals surface area contributed by atoms with E-state index in [9.17, 15) is 17.4 Å². The van der Waals surface area contributed by atoms with E-state index in [1.165, 1.54) is 24.5 Å². The Bertz CT molecular complexity index is 973. The van der Waals surface area contributed by atoms with Crippen LogP contribution < -0.4 is 10.0 Å². The molecule has 0 aliphatic heterocycles. The van der Waals surface area contributed by atoms with Gasteiger partial charge in [-0.3, -0.25) is 4.21 Å². The molecule has 2 aromatic rings. The average molecular weight is 423 g/mol. The van der Waals surface area contributed by atoms with Gasteiger partial charge >= 0.3 is 6.03 Å². The highest BCUT2D eigenvalue weighted by molar-refractivity contribution is 7.90. The highest BCUT2D eigenvalue weighted by Gasteiger charge is 2.21. The van der Waals surface area contributed by atoms with Crippen LogP contribution in [0.5, 0.6) is 0 Å². The molecule has 0 saturated heterocycles. The number of sulfonamides is 1. The Balaban J connectivity index is 2.32. The lowest BCUT2D eigenvalue weighted by atomic mass is 9.93. The van der Waals surface area contributed by atoms with E-state index < -0.39 is 26.9 Å².